The van der Waals surface area contributed by atoms with Gasteiger partial charge in [0.15, 0.2) is 0 Å². The molecule has 0 aliphatic rings. The molecule has 0 aliphatic carbocycles. The summed E-state index contributed by atoms with van der Waals surface area (Å²) in [4.78, 5) is 22.0. The molecule has 0 spiro atoms. The Morgan fingerprint density at radius 3 is 2.11 bits per heavy atom. The number of hydrogen-bond acceptors (Lipinski definition) is 4. The number of rotatable bonds is 4. The minimum Gasteiger partial charge on any atom is -0.421 e. The molecule has 0 N–H and O–H groups in total. The molecule has 0 saturated heterocycles. The van der Waals surface area contributed by atoms with Crippen LogP contribution >= 0.6 is 11.6 Å². The van der Waals surface area contributed by atoms with Crippen molar-refractivity contribution in [2.24, 2.45) is 0 Å². The molecule has 0 atom stereocenters. The van der Waals surface area contributed by atoms with Crippen molar-refractivity contribution in [1.29, 1.82) is 0 Å². The van der Waals surface area contributed by atoms with Crippen LogP contribution in [-0.2, 0) is 19.1 Å². The molecular weight excluding hydrogens is 268 g/mol. The van der Waals surface area contributed by atoms with Crippen molar-refractivity contribution in [2.45, 2.75) is 27.1 Å². The molecule has 0 saturated carbocycles. The summed E-state index contributed by atoms with van der Waals surface area (Å²) in [5.74, 6) is -1.06. The highest BCUT2D eigenvalue weighted by Gasteiger charge is 2.17. The third kappa shape index (κ3) is 5.14. The van der Waals surface area contributed by atoms with Crippen LogP contribution in [0.4, 0.5) is 0 Å². The number of carbonyl (C=O) groups excluding carboxylic acids is 2. The summed E-state index contributed by atoms with van der Waals surface area (Å²) in [6, 6.07) is 7.19. The predicted molar refractivity (Wildman–Crippen MR) is 72.4 cm³/mol. The minimum absolute atomic E-state index is 0.529. The van der Waals surface area contributed by atoms with Gasteiger partial charge in [0.1, 0.15) is 0 Å². The maximum atomic E-state index is 11.0. The minimum atomic E-state index is -1.04. The fourth-order valence-corrected chi connectivity index (χ4v) is 1.61. The van der Waals surface area contributed by atoms with Gasteiger partial charge in [0.2, 0.25) is 0 Å². The zero-order chi connectivity index (χ0) is 14.4. The topological polar surface area (TPSA) is 52.6 Å². The van der Waals surface area contributed by atoms with Crippen molar-refractivity contribution in [1.82, 2.24) is 0 Å². The molecule has 0 fully saturated rings. The molecule has 102 valence electrons. The van der Waals surface area contributed by atoms with Crippen molar-refractivity contribution in [3.8, 4) is 0 Å². The van der Waals surface area contributed by atoms with E-state index in [0.717, 1.165) is 5.56 Å². The molecule has 0 amide bonds. The normalized spacial score (nSPS) is 11.3. The average Bonchev–Trinajstić information content (AvgIpc) is 2.30. The van der Waals surface area contributed by atoms with Gasteiger partial charge in [-0.25, -0.2) is 0 Å². The van der Waals surface area contributed by atoms with E-state index in [2.05, 4.69) is 0 Å². The van der Waals surface area contributed by atoms with Gasteiger partial charge in [0.05, 0.1) is 0 Å². The molecular formula is C14H15ClO4. The van der Waals surface area contributed by atoms with E-state index in [1.807, 2.05) is 18.2 Å². The number of halogens is 1. The van der Waals surface area contributed by atoms with E-state index in [4.69, 9.17) is 21.1 Å². The van der Waals surface area contributed by atoms with Crippen molar-refractivity contribution >= 4 is 29.6 Å². The zero-order valence-corrected chi connectivity index (χ0v) is 11.7. The third-order valence-corrected chi connectivity index (χ3v) is 2.55. The first-order valence-electron chi connectivity index (χ1n) is 5.67. The Labute approximate surface area is 117 Å². The number of esters is 2. The summed E-state index contributed by atoms with van der Waals surface area (Å²) in [5, 5.41) is 0.561. The van der Waals surface area contributed by atoms with Crippen molar-refractivity contribution < 1.29 is 19.1 Å². The maximum absolute atomic E-state index is 11.0. The van der Waals surface area contributed by atoms with Crippen LogP contribution in [0, 0.1) is 0 Å². The first kappa shape index (κ1) is 15.2. The largest absolute Gasteiger partial charge is 0.421 e. The molecule has 0 radical (unpaired) electrons. The molecule has 0 unspecified atom stereocenters. The fraction of sp³-hybridized carbons (Fsp3) is 0.286. The van der Waals surface area contributed by atoms with Gasteiger partial charge in [-0.15, -0.1) is 0 Å². The highest BCUT2D eigenvalue weighted by molar-refractivity contribution is 6.32. The summed E-state index contributed by atoms with van der Waals surface area (Å²) >= 11 is 6.02. The molecule has 1 aromatic rings. The Balaban J connectivity index is 2.98. The van der Waals surface area contributed by atoms with Crippen LogP contribution in [-0.4, -0.2) is 18.2 Å². The zero-order valence-electron chi connectivity index (χ0n) is 11.0. The van der Waals surface area contributed by atoms with E-state index in [1.54, 1.807) is 19.1 Å². The van der Waals surface area contributed by atoms with Crippen LogP contribution in [0.2, 0.25) is 5.02 Å². The third-order valence-electron chi connectivity index (χ3n) is 2.21. The smallest absolute Gasteiger partial charge is 0.305 e. The molecule has 1 aromatic carbocycles. The number of hydrogen-bond donors (Lipinski definition) is 0. The van der Waals surface area contributed by atoms with Gasteiger partial charge < -0.3 is 9.47 Å². The van der Waals surface area contributed by atoms with Crippen LogP contribution in [0.15, 0.2) is 29.8 Å². The molecule has 0 aliphatic heterocycles. The summed E-state index contributed by atoms with van der Waals surface area (Å²) in [6.07, 6.45) is 0.671. The van der Waals surface area contributed by atoms with Crippen LogP contribution in [0.5, 0.6) is 0 Å². The average molecular weight is 283 g/mol. The van der Waals surface area contributed by atoms with E-state index < -0.39 is 18.2 Å². The van der Waals surface area contributed by atoms with E-state index in [1.165, 1.54) is 13.8 Å². The second-order valence-electron chi connectivity index (χ2n) is 3.96. The SMILES string of the molecule is CC(=O)OC(OC(C)=O)C(C)=Cc1ccccc1Cl. The molecule has 4 nitrogen and oxygen atoms in total. The molecule has 1 rings (SSSR count). The lowest BCUT2D eigenvalue weighted by atomic mass is 10.1. The lowest BCUT2D eigenvalue weighted by Crippen LogP contribution is -2.23. The van der Waals surface area contributed by atoms with E-state index in [-0.39, 0.29) is 0 Å². The van der Waals surface area contributed by atoms with Gasteiger partial charge in [0.25, 0.3) is 6.29 Å². The van der Waals surface area contributed by atoms with Gasteiger partial charge in [-0.2, -0.15) is 0 Å². The first-order chi connectivity index (χ1) is 8.90. The number of benzene rings is 1. The monoisotopic (exact) mass is 282 g/mol. The number of carbonyl (C=O) groups is 2. The van der Waals surface area contributed by atoms with Gasteiger partial charge in [-0.1, -0.05) is 29.8 Å². The van der Waals surface area contributed by atoms with Gasteiger partial charge in [-0.3, -0.25) is 9.59 Å². The molecule has 19 heavy (non-hydrogen) atoms. The Hall–Kier alpha value is -1.81. The fourth-order valence-electron chi connectivity index (χ4n) is 1.42. The predicted octanol–water partition coefficient (Wildman–Crippen LogP) is 3.20. The quantitative estimate of drug-likeness (QED) is 0.629. The van der Waals surface area contributed by atoms with Gasteiger partial charge in [0, 0.05) is 24.4 Å². The van der Waals surface area contributed by atoms with Crippen LogP contribution in [0.1, 0.15) is 26.3 Å². The molecule has 0 bridgehead atoms. The summed E-state index contributed by atoms with van der Waals surface area (Å²) in [6.45, 7) is 4.19. The highest BCUT2D eigenvalue weighted by atomic mass is 35.5. The van der Waals surface area contributed by atoms with Crippen molar-refractivity contribution in [3.05, 3.63) is 40.4 Å². The lowest BCUT2D eigenvalue weighted by molar-refractivity contribution is -0.177. The Kier molecular flexibility index (Phi) is 5.57. The van der Waals surface area contributed by atoms with Crippen LogP contribution in [0.3, 0.4) is 0 Å². The summed E-state index contributed by atoms with van der Waals surface area (Å²) in [7, 11) is 0. The van der Waals surface area contributed by atoms with Gasteiger partial charge >= 0.3 is 11.9 Å². The summed E-state index contributed by atoms with van der Waals surface area (Å²) < 4.78 is 9.88. The highest BCUT2D eigenvalue weighted by Crippen LogP contribution is 2.20. The molecule has 0 aromatic heterocycles. The number of ether oxygens (including phenoxy) is 2. The maximum Gasteiger partial charge on any atom is 0.305 e. The van der Waals surface area contributed by atoms with E-state index in [0.29, 0.717) is 10.6 Å². The molecule has 5 heteroatoms. The summed E-state index contributed by atoms with van der Waals surface area (Å²) in [5.41, 5.74) is 1.32. The second-order valence-corrected chi connectivity index (χ2v) is 4.37. The second kappa shape index (κ2) is 6.95. The van der Waals surface area contributed by atoms with E-state index in [9.17, 15) is 9.59 Å². The Morgan fingerprint density at radius 1 is 1.11 bits per heavy atom. The Bertz CT molecular complexity index is 492. The molecule has 0 heterocycles. The van der Waals surface area contributed by atoms with Gasteiger partial charge in [-0.05, 0) is 24.6 Å². The lowest BCUT2D eigenvalue weighted by Gasteiger charge is -2.17. The standard InChI is InChI=1S/C14H15ClO4/c1-9(8-12-6-4-5-7-13(12)15)14(18-10(2)16)19-11(3)17/h4-8,14H,1-3H3. The van der Waals surface area contributed by atoms with Crippen LogP contribution in [0.25, 0.3) is 6.08 Å². The Morgan fingerprint density at radius 2 is 1.63 bits per heavy atom. The first-order valence-corrected chi connectivity index (χ1v) is 6.05. The van der Waals surface area contributed by atoms with Crippen molar-refractivity contribution in [2.75, 3.05) is 0 Å². The van der Waals surface area contributed by atoms with Crippen molar-refractivity contribution in [3.63, 3.8) is 0 Å². The van der Waals surface area contributed by atoms with Crippen LogP contribution < -0.4 is 0 Å². The van der Waals surface area contributed by atoms with E-state index >= 15 is 0 Å².